The molecule has 0 saturated carbocycles. The van der Waals surface area contributed by atoms with Crippen molar-refractivity contribution in [2.75, 3.05) is 17.7 Å². The van der Waals surface area contributed by atoms with Gasteiger partial charge >= 0.3 is 5.97 Å². The lowest BCUT2D eigenvalue weighted by molar-refractivity contribution is -0.114. The Morgan fingerprint density at radius 2 is 1.60 bits per heavy atom. The molecule has 2 aromatic rings. The van der Waals surface area contributed by atoms with Gasteiger partial charge in [0.05, 0.1) is 12.7 Å². The fraction of sp³-hybridized carbons (Fsp3) is 0.105. The van der Waals surface area contributed by atoms with Crippen LogP contribution in [-0.4, -0.2) is 24.9 Å². The summed E-state index contributed by atoms with van der Waals surface area (Å²) in [6, 6.07) is 13.5. The van der Waals surface area contributed by atoms with Crippen LogP contribution in [0.15, 0.2) is 54.6 Å². The minimum absolute atomic E-state index is 0.182. The van der Waals surface area contributed by atoms with E-state index >= 15 is 0 Å². The summed E-state index contributed by atoms with van der Waals surface area (Å²) in [4.78, 5) is 34.4. The molecule has 2 N–H and O–H groups in total. The zero-order chi connectivity index (χ0) is 18.2. The summed E-state index contributed by atoms with van der Waals surface area (Å²) in [7, 11) is 1.32. The first-order valence-corrected chi connectivity index (χ1v) is 7.53. The quantitative estimate of drug-likeness (QED) is 0.648. The molecule has 0 aliphatic rings. The Balaban J connectivity index is 1.98. The van der Waals surface area contributed by atoms with Crippen LogP contribution in [0, 0.1) is 0 Å². The molecular formula is C19H18N2O4. The van der Waals surface area contributed by atoms with Gasteiger partial charge in [-0.1, -0.05) is 18.2 Å². The number of carbonyl (C=O) groups is 3. The summed E-state index contributed by atoms with van der Waals surface area (Å²) in [5, 5.41) is 5.36. The topological polar surface area (TPSA) is 84.5 Å². The van der Waals surface area contributed by atoms with Gasteiger partial charge < -0.3 is 15.4 Å². The Labute approximate surface area is 145 Å². The second-order valence-electron chi connectivity index (χ2n) is 5.20. The molecule has 0 radical (unpaired) electrons. The molecule has 2 rings (SSSR count). The standard InChI is InChI=1S/C19H18N2O4/c1-13(22)20-16-4-3-5-17(12-16)21-18(23)11-8-14-6-9-15(10-7-14)19(24)25-2/h3-12H,1-2H3,(H,20,22)(H,21,23). The number of nitrogens with one attached hydrogen (secondary N) is 2. The Kier molecular flexibility index (Phi) is 6.06. The van der Waals surface area contributed by atoms with Crippen LogP contribution < -0.4 is 10.6 Å². The number of methoxy groups -OCH3 is 1. The summed E-state index contributed by atoms with van der Waals surface area (Å²) >= 11 is 0. The molecule has 6 nitrogen and oxygen atoms in total. The molecular weight excluding hydrogens is 320 g/mol. The van der Waals surface area contributed by atoms with Crippen molar-refractivity contribution < 1.29 is 19.1 Å². The lowest BCUT2D eigenvalue weighted by atomic mass is 10.1. The van der Waals surface area contributed by atoms with Crippen LogP contribution in [0.2, 0.25) is 0 Å². The maximum Gasteiger partial charge on any atom is 0.337 e. The van der Waals surface area contributed by atoms with Crippen LogP contribution in [0.4, 0.5) is 11.4 Å². The van der Waals surface area contributed by atoms with Crippen LogP contribution in [0.25, 0.3) is 6.08 Å². The molecule has 0 atom stereocenters. The van der Waals surface area contributed by atoms with E-state index in [4.69, 9.17) is 0 Å². The van der Waals surface area contributed by atoms with E-state index in [1.165, 1.54) is 20.1 Å². The average Bonchev–Trinajstić information content (AvgIpc) is 2.59. The second kappa shape index (κ2) is 8.44. The van der Waals surface area contributed by atoms with E-state index in [1.807, 2.05) is 0 Å². The van der Waals surface area contributed by atoms with Gasteiger partial charge in [-0.15, -0.1) is 0 Å². The fourth-order valence-electron chi connectivity index (χ4n) is 2.08. The normalized spacial score (nSPS) is 10.3. The van der Waals surface area contributed by atoms with Crippen LogP contribution in [0.5, 0.6) is 0 Å². The van der Waals surface area contributed by atoms with E-state index in [-0.39, 0.29) is 11.8 Å². The average molecular weight is 338 g/mol. The van der Waals surface area contributed by atoms with Gasteiger partial charge in [-0.2, -0.15) is 0 Å². The van der Waals surface area contributed by atoms with Crippen molar-refractivity contribution in [1.82, 2.24) is 0 Å². The van der Waals surface area contributed by atoms with Crippen molar-refractivity contribution in [3.8, 4) is 0 Å². The number of rotatable bonds is 5. The van der Waals surface area contributed by atoms with Gasteiger partial charge in [-0.05, 0) is 42.0 Å². The third kappa shape index (κ3) is 5.62. The molecule has 0 fully saturated rings. The fourth-order valence-corrected chi connectivity index (χ4v) is 2.08. The zero-order valence-electron chi connectivity index (χ0n) is 13.9. The molecule has 2 aromatic carbocycles. The van der Waals surface area contributed by atoms with Gasteiger partial charge in [0, 0.05) is 24.4 Å². The van der Waals surface area contributed by atoms with Crippen LogP contribution in [-0.2, 0) is 14.3 Å². The number of hydrogen-bond acceptors (Lipinski definition) is 4. The van der Waals surface area contributed by atoms with E-state index in [9.17, 15) is 14.4 Å². The van der Waals surface area contributed by atoms with Crippen LogP contribution >= 0.6 is 0 Å². The molecule has 0 spiro atoms. The number of ether oxygens (including phenoxy) is 1. The number of anilines is 2. The molecule has 0 aliphatic carbocycles. The van der Waals surface area contributed by atoms with E-state index < -0.39 is 5.97 Å². The van der Waals surface area contributed by atoms with E-state index in [0.29, 0.717) is 16.9 Å². The number of benzene rings is 2. The lowest BCUT2D eigenvalue weighted by Gasteiger charge is -2.06. The third-order valence-electron chi connectivity index (χ3n) is 3.21. The molecule has 0 aliphatic heterocycles. The molecule has 0 unspecified atom stereocenters. The summed E-state index contributed by atoms with van der Waals surface area (Å²) in [6.45, 7) is 1.42. The van der Waals surface area contributed by atoms with Crippen LogP contribution in [0.3, 0.4) is 0 Å². The Hall–Kier alpha value is -3.41. The number of amides is 2. The molecule has 0 heterocycles. The minimum atomic E-state index is -0.410. The van der Waals surface area contributed by atoms with Gasteiger partial charge in [-0.3, -0.25) is 9.59 Å². The minimum Gasteiger partial charge on any atom is -0.465 e. The molecule has 0 bridgehead atoms. The maximum atomic E-state index is 12.0. The lowest BCUT2D eigenvalue weighted by Crippen LogP contribution is -2.09. The maximum absolute atomic E-state index is 12.0. The van der Waals surface area contributed by atoms with Crippen molar-refractivity contribution in [3.05, 3.63) is 65.7 Å². The second-order valence-corrected chi connectivity index (χ2v) is 5.20. The third-order valence-corrected chi connectivity index (χ3v) is 3.21. The molecule has 0 aromatic heterocycles. The molecule has 0 saturated heterocycles. The summed E-state index contributed by atoms with van der Waals surface area (Å²) < 4.78 is 4.63. The van der Waals surface area contributed by atoms with Gasteiger partial charge in [0.15, 0.2) is 0 Å². The zero-order valence-corrected chi connectivity index (χ0v) is 13.9. The van der Waals surface area contributed by atoms with Gasteiger partial charge in [0.1, 0.15) is 0 Å². The molecule has 6 heteroatoms. The van der Waals surface area contributed by atoms with Crippen molar-refractivity contribution >= 4 is 35.2 Å². The first-order chi connectivity index (χ1) is 12.0. The van der Waals surface area contributed by atoms with Crippen LogP contribution in [0.1, 0.15) is 22.8 Å². The number of carbonyl (C=O) groups excluding carboxylic acids is 3. The Morgan fingerprint density at radius 3 is 2.20 bits per heavy atom. The van der Waals surface area contributed by atoms with E-state index in [2.05, 4.69) is 15.4 Å². The largest absolute Gasteiger partial charge is 0.465 e. The first-order valence-electron chi connectivity index (χ1n) is 7.53. The van der Waals surface area contributed by atoms with Crippen molar-refractivity contribution in [2.24, 2.45) is 0 Å². The molecule has 25 heavy (non-hydrogen) atoms. The first kappa shape index (κ1) is 17.9. The SMILES string of the molecule is COC(=O)c1ccc(C=CC(=O)Nc2cccc(NC(C)=O)c2)cc1. The van der Waals surface area contributed by atoms with E-state index in [1.54, 1.807) is 54.6 Å². The molecule has 2 amide bonds. The summed E-state index contributed by atoms with van der Waals surface area (Å²) in [5.41, 5.74) is 2.39. The van der Waals surface area contributed by atoms with Gasteiger partial charge in [-0.25, -0.2) is 4.79 Å². The Morgan fingerprint density at radius 1 is 0.960 bits per heavy atom. The highest BCUT2D eigenvalue weighted by Gasteiger charge is 2.04. The van der Waals surface area contributed by atoms with Gasteiger partial charge in [0.2, 0.25) is 11.8 Å². The highest BCUT2D eigenvalue weighted by atomic mass is 16.5. The number of esters is 1. The number of hydrogen-bond donors (Lipinski definition) is 2. The van der Waals surface area contributed by atoms with Crippen molar-refractivity contribution in [1.29, 1.82) is 0 Å². The summed E-state index contributed by atoms with van der Waals surface area (Å²) in [6.07, 6.45) is 3.02. The predicted octanol–water partition coefficient (Wildman–Crippen LogP) is 3.08. The predicted molar refractivity (Wildman–Crippen MR) is 96.2 cm³/mol. The smallest absolute Gasteiger partial charge is 0.337 e. The van der Waals surface area contributed by atoms with Crippen molar-refractivity contribution in [2.45, 2.75) is 6.92 Å². The van der Waals surface area contributed by atoms with Gasteiger partial charge in [0.25, 0.3) is 0 Å². The monoisotopic (exact) mass is 338 g/mol. The molecule has 128 valence electrons. The Bertz CT molecular complexity index is 810. The highest BCUT2D eigenvalue weighted by Crippen LogP contribution is 2.15. The summed E-state index contributed by atoms with van der Waals surface area (Å²) in [5.74, 6) is -0.900. The highest BCUT2D eigenvalue weighted by molar-refractivity contribution is 6.02. The van der Waals surface area contributed by atoms with Crippen molar-refractivity contribution in [3.63, 3.8) is 0 Å². The van der Waals surface area contributed by atoms with E-state index in [0.717, 1.165) is 5.56 Å².